The molecule has 0 aliphatic carbocycles. The Hall–Kier alpha value is -2.13. The van der Waals surface area contributed by atoms with Crippen LogP contribution in [-0.2, 0) is 19.6 Å². The second kappa shape index (κ2) is 8.19. The third kappa shape index (κ3) is 4.05. The highest BCUT2D eigenvalue weighted by molar-refractivity contribution is 7.89. The van der Waals surface area contributed by atoms with Crippen molar-refractivity contribution in [2.45, 2.75) is 38.0 Å². The van der Waals surface area contributed by atoms with Crippen molar-refractivity contribution in [1.29, 1.82) is 0 Å². The van der Waals surface area contributed by atoms with Crippen molar-refractivity contribution in [3.05, 3.63) is 18.2 Å². The van der Waals surface area contributed by atoms with Crippen LogP contribution in [0.25, 0.3) is 0 Å². The maximum absolute atomic E-state index is 13.3. The molecule has 0 bridgehead atoms. The molecule has 0 radical (unpaired) electrons. The summed E-state index contributed by atoms with van der Waals surface area (Å²) in [6, 6.07) is 4.58. The fraction of sp³-hybridized carbons (Fsp3) is 0.619. The molecule has 0 spiro atoms. The molecule has 164 valence electrons. The standard InChI is InChI=1S/C21H29N3O5S/c1-15-9-16(2)12-23(11-15)30(27,28)17-5-6-19-18(10-17)24(21(26)14-29-19)13-20(25)22-7-3-4-8-22/h5-6,10,15-16H,3-4,7-9,11-14H2,1-2H3/t15-,16+. The van der Waals surface area contributed by atoms with Gasteiger partial charge in [0.05, 0.1) is 10.6 Å². The summed E-state index contributed by atoms with van der Waals surface area (Å²) in [5, 5.41) is 0. The molecule has 0 saturated carbocycles. The van der Waals surface area contributed by atoms with Crippen LogP contribution < -0.4 is 9.64 Å². The van der Waals surface area contributed by atoms with E-state index in [9.17, 15) is 18.0 Å². The molecule has 1 aromatic carbocycles. The summed E-state index contributed by atoms with van der Waals surface area (Å²) in [5.74, 6) is 0.537. The minimum Gasteiger partial charge on any atom is -0.482 e. The van der Waals surface area contributed by atoms with E-state index in [0.717, 1.165) is 19.3 Å². The first-order valence-corrected chi connectivity index (χ1v) is 12.0. The minimum absolute atomic E-state index is 0.101. The van der Waals surface area contributed by atoms with Crippen LogP contribution in [0, 0.1) is 11.8 Å². The number of carbonyl (C=O) groups excluding carboxylic acids is 2. The van der Waals surface area contributed by atoms with Gasteiger partial charge < -0.3 is 9.64 Å². The lowest BCUT2D eigenvalue weighted by atomic mass is 9.94. The number of piperidine rings is 1. The lowest BCUT2D eigenvalue weighted by Gasteiger charge is -2.34. The van der Waals surface area contributed by atoms with E-state index in [0.29, 0.717) is 49.5 Å². The van der Waals surface area contributed by atoms with E-state index in [2.05, 4.69) is 13.8 Å². The molecule has 2 atom stereocenters. The molecule has 3 heterocycles. The maximum atomic E-state index is 13.3. The van der Waals surface area contributed by atoms with Crippen LogP contribution in [0.1, 0.15) is 33.1 Å². The van der Waals surface area contributed by atoms with Crippen molar-refractivity contribution >= 4 is 27.5 Å². The Labute approximate surface area is 177 Å². The van der Waals surface area contributed by atoms with Gasteiger partial charge >= 0.3 is 0 Å². The number of amides is 2. The highest BCUT2D eigenvalue weighted by Gasteiger charge is 2.35. The van der Waals surface area contributed by atoms with E-state index in [1.807, 2.05) is 0 Å². The van der Waals surface area contributed by atoms with Crippen molar-refractivity contribution < 1.29 is 22.7 Å². The van der Waals surface area contributed by atoms with Gasteiger partial charge in [0, 0.05) is 26.2 Å². The Morgan fingerprint density at radius 3 is 2.47 bits per heavy atom. The van der Waals surface area contributed by atoms with Gasteiger partial charge in [-0.3, -0.25) is 14.5 Å². The summed E-state index contributed by atoms with van der Waals surface area (Å²) in [6.45, 7) is 6.22. The topological polar surface area (TPSA) is 87.2 Å². The average molecular weight is 436 g/mol. The molecule has 0 N–H and O–H groups in total. The van der Waals surface area contributed by atoms with Gasteiger partial charge in [0.1, 0.15) is 12.3 Å². The molecule has 1 aromatic rings. The van der Waals surface area contributed by atoms with Crippen molar-refractivity contribution in [2.24, 2.45) is 11.8 Å². The molecular formula is C21H29N3O5S. The summed E-state index contributed by atoms with van der Waals surface area (Å²) in [5.41, 5.74) is 0.345. The number of hydrogen-bond acceptors (Lipinski definition) is 5. The number of likely N-dealkylation sites (tertiary alicyclic amines) is 1. The number of fused-ring (bicyclic) bond motifs is 1. The fourth-order valence-electron chi connectivity index (χ4n) is 4.67. The van der Waals surface area contributed by atoms with Crippen LogP contribution in [0.5, 0.6) is 5.75 Å². The Balaban J connectivity index is 1.63. The zero-order valence-electron chi connectivity index (χ0n) is 17.5. The van der Waals surface area contributed by atoms with Gasteiger partial charge in [0.15, 0.2) is 6.61 Å². The number of carbonyl (C=O) groups is 2. The molecule has 2 amide bonds. The molecule has 2 fully saturated rings. The first-order chi connectivity index (χ1) is 14.3. The summed E-state index contributed by atoms with van der Waals surface area (Å²) in [6.07, 6.45) is 2.94. The average Bonchev–Trinajstić information content (AvgIpc) is 3.24. The minimum atomic E-state index is -3.70. The highest BCUT2D eigenvalue weighted by atomic mass is 32.2. The Morgan fingerprint density at radius 2 is 1.80 bits per heavy atom. The summed E-state index contributed by atoms with van der Waals surface area (Å²) < 4.78 is 33.6. The van der Waals surface area contributed by atoms with E-state index in [4.69, 9.17) is 4.74 Å². The molecule has 9 heteroatoms. The van der Waals surface area contributed by atoms with E-state index in [1.165, 1.54) is 21.3 Å². The summed E-state index contributed by atoms with van der Waals surface area (Å²) >= 11 is 0. The number of anilines is 1. The smallest absolute Gasteiger partial charge is 0.265 e. The number of ether oxygens (including phenoxy) is 1. The molecule has 2 saturated heterocycles. The first kappa shape index (κ1) is 21.1. The number of hydrogen-bond donors (Lipinski definition) is 0. The van der Waals surface area contributed by atoms with Crippen LogP contribution in [0.15, 0.2) is 23.1 Å². The zero-order valence-corrected chi connectivity index (χ0v) is 18.4. The third-order valence-electron chi connectivity index (χ3n) is 6.10. The van der Waals surface area contributed by atoms with Gasteiger partial charge in [0.25, 0.3) is 5.91 Å². The number of sulfonamides is 1. The molecule has 4 rings (SSSR count). The van der Waals surface area contributed by atoms with Crippen LogP contribution in [0.4, 0.5) is 5.69 Å². The Kier molecular flexibility index (Phi) is 5.76. The van der Waals surface area contributed by atoms with Crippen molar-refractivity contribution in [1.82, 2.24) is 9.21 Å². The molecule has 3 aliphatic heterocycles. The summed E-state index contributed by atoms with van der Waals surface area (Å²) in [7, 11) is -3.70. The van der Waals surface area contributed by atoms with Crippen LogP contribution in [0.2, 0.25) is 0 Å². The second-order valence-electron chi connectivity index (χ2n) is 8.75. The van der Waals surface area contributed by atoms with Crippen LogP contribution in [0.3, 0.4) is 0 Å². The largest absolute Gasteiger partial charge is 0.482 e. The Morgan fingerprint density at radius 1 is 1.13 bits per heavy atom. The van der Waals surface area contributed by atoms with E-state index in [-0.39, 0.29) is 29.9 Å². The molecule has 8 nitrogen and oxygen atoms in total. The van der Waals surface area contributed by atoms with Gasteiger partial charge in [-0.05, 0) is 49.3 Å². The fourth-order valence-corrected chi connectivity index (χ4v) is 6.37. The van der Waals surface area contributed by atoms with Crippen LogP contribution >= 0.6 is 0 Å². The van der Waals surface area contributed by atoms with Crippen molar-refractivity contribution in [2.75, 3.05) is 44.2 Å². The number of rotatable bonds is 4. The number of benzene rings is 1. The quantitative estimate of drug-likeness (QED) is 0.718. The summed E-state index contributed by atoms with van der Waals surface area (Å²) in [4.78, 5) is 28.4. The normalized spacial score (nSPS) is 25.2. The molecule has 0 unspecified atom stereocenters. The van der Waals surface area contributed by atoms with Crippen molar-refractivity contribution in [3.8, 4) is 5.75 Å². The zero-order chi connectivity index (χ0) is 21.5. The first-order valence-electron chi connectivity index (χ1n) is 10.6. The second-order valence-corrected chi connectivity index (χ2v) is 10.7. The number of nitrogens with zero attached hydrogens (tertiary/aromatic N) is 3. The lowest BCUT2D eigenvalue weighted by Crippen LogP contribution is -2.46. The maximum Gasteiger partial charge on any atom is 0.265 e. The van der Waals surface area contributed by atoms with E-state index >= 15 is 0 Å². The van der Waals surface area contributed by atoms with Gasteiger partial charge in [-0.25, -0.2) is 8.42 Å². The Bertz CT molecular complexity index is 932. The predicted octanol–water partition coefficient (Wildman–Crippen LogP) is 1.70. The van der Waals surface area contributed by atoms with Crippen molar-refractivity contribution in [3.63, 3.8) is 0 Å². The van der Waals surface area contributed by atoms with E-state index in [1.54, 1.807) is 11.0 Å². The molecule has 3 aliphatic rings. The predicted molar refractivity (Wildman–Crippen MR) is 112 cm³/mol. The van der Waals surface area contributed by atoms with Gasteiger partial charge in [0.2, 0.25) is 15.9 Å². The van der Waals surface area contributed by atoms with Crippen LogP contribution in [-0.4, -0.2) is 68.8 Å². The third-order valence-corrected chi connectivity index (χ3v) is 7.93. The molecule has 30 heavy (non-hydrogen) atoms. The van der Waals surface area contributed by atoms with Gasteiger partial charge in [-0.15, -0.1) is 0 Å². The van der Waals surface area contributed by atoms with Gasteiger partial charge in [-0.1, -0.05) is 13.8 Å². The lowest BCUT2D eigenvalue weighted by molar-refractivity contribution is -0.131. The van der Waals surface area contributed by atoms with E-state index < -0.39 is 10.0 Å². The molecular weight excluding hydrogens is 406 g/mol. The molecule has 0 aromatic heterocycles. The monoisotopic (exact) mass is 435 g/mol. The van der Waals surface area contributed by atoms with Gasteiger partial charge in [-0.2, -0.15) is 4.31 Å². The highest BCUT2D eigenvalue weighted by Crippen LogP contribution is 2.36. The SMILES string of the molecule is C[C@@H]1C[C@H](C)CN(S(=O)(=O)c2ccc3c(c2)N(CC(=O)N2CCCC2)C(=O)CO3)C1.